The molecule has 0 aliphatic heterocycles. The molecule has 0 saturated heterocycles. The van der Waals surface area contributed by atoms with Crippen molar-refractivity contribution in [2.24, 2.45) is 0 Å². The van der Waals surface area contributed by atoms with Gasteiger partial charge in [-0.2, -0.15) is 0 Å². The molecule has 0 bridgehead atoms. The van der Waals surface area contributed by atoms with Crippen molar-refractivity contribution in [3.63, 3.8) is 0 Å². The van der Waals surface area contributed by atoms with Crippen LogP contribution in [0, 0.1) is 0 Å². The third kappa shape index (κ3) is 3.36. The number of hydrogen-bond donors (Lipinski definition) is 1. The van der Waals surface area contributed by atoms with Crippen LogP contribution in [0.2, 0.25) is 0 Å². The zero-order valence-corrected chi connectivity index (χ0v) is 12.1. The molecule has 1 aliphatic rings. The van der Waals surface area contributed by atoms with Gasteiger partial charge in [-0.3, -0.25) is 0 Å². The van der Waals surface area contributed by atoms with Gasteiger partial charge in [0, 0.05) is 25.0 Å². The van der Waals surface area contributed by atoms with E-state index in [2.05, 4.69) is 50.1 Å². The van der Waals surface area contributed by atoms with Crippen LogP contribution in [-0.2, 0) is 17.7 Å². The van der Waals surface area contributed by atoms with Crippen LogP contribution >= 0.6 is 0 Å². The number of ether oxygens (including phenoxy) is 1. The molecule has 1 aromatic rings. The maximum atomic E-state index is 5.78. The van der Waals surface area contributed by atoms with Crippen molar-refractivity contribution >= 4 is 0 Å². The summed E-state index contributed by atoms with van der Waals surface area (Å²) >= 11 is 0. The lowest BCUT2D eigenvalue weighted by Gasteiger charge is -2.21. The molecule has 1 aliphatic carbocycles. The summed E-state index contributed by atoms with van der Waals surface area (Å²) in [5.41, 5.74) is 2.95. The quantitative estimate of drug-likeness (QED) is 0.889. The maximum Gasteiger partial charge on any atom is 0.0652 e. The second-order valence-corrected chi connectivity index (χ2v) is 6.17. The molecule has 3 heteroatoms. The molecule has 1 aromatic heterocycles. The number of fused-ring (bicyclic) bond motifs is 1. The van der Waals surface area contributed by atoms with E-state index in [0.29, 0.717) is 6.04 Å². The monoisotopic (exact) mass is 250 g/mol. The molecule has 0 spiro atoms. The van der Waals surface area contributed by atoms with Crippen LogP contribution < -0.4 is 5.32 Å². The van der Waals surface area contributed by atoms with Crippen LogP contribution in [0.3, 0.4) is 0 Å². The largest absolute Gasteiger partial charge is 0.374 e. The van der Waals surface area contributed by atoms with Gasteiger partial charge in [-0.1, -0.05) is 0 Å². The number of hydrogen-bond acceptors (Lipinski definition) is 2. The standard InChI is InChI=1S/C15H26N2O/c1-15(2,3)18-9-8-17-10-12-6-5-7-14(16-4)13(12)11-17/h10-11,14,16H,5-9H2,1-4H3. The van der Waals surface area contributed by atoms with Crippen LogP contribution in [0.5, 0.6) is 0 Å². The summed E-state index contributed by atoms with van der Waals surface area (Å²) in [7, 11) is 2.06. The van der Waals surface area contributed by atoms with E-state index in [1.54, 1.807) is 0 Å². The predicted octanol–water partition coefficient (Wildman–Crippen LogP) is 2.90. The lowest BCUT2D eigenvalue weighted by Crippen LogP contribution is -2.21. The molecular formula is C15H26N2O. The topological polar surface area (TPSA) is 26.2 Å². The van der Waals surface area contributed by atoms with Gasteiger partial charge in [0.15, 0.2) is 0 Å². The second-order valence-electron chi connectivity index (χ2n) is 6.17. The Morgan fingerprint density at radius 1 is 1.39 bits per heavy atom. The SMILES string of the molecule is CNC1CCCc2cn(CCOC(C)(C)C)cc21. The Balaban J connectivity index is 1.97. The fourth-order valence-corrected chi connectivity index (χ4v) is 2.63. The summed E-state index contributed by atoms with van der Waals surface area (Å²) in [5.74, 6) is 0. The second kappa shape index (κ2) is 5.45. The smallest absolute Gasteiger partial charge is 0.0652 e. The van der Waals surface area contributed by atoms with Crippen LogP contribution in [0.25, 0.3) is 0 Å². The Morgan fingerprint density at radius 2 is 2.17 bits per heavy atom. The lowest BCUT2D eigenvalue weighted by molar-refractivity contribution is -0.00680. The minimum atomic E-state index is -0.0414. The van der Waals surface area contributed by atoms with Crippen LogP contribution in [-0.4, -0.2) is 23.8 Å². The number of rotatable bonds is 4. The van der Waals surface area contributed by atoms with Crippen LogP contribution in [0.1, 0.15) is 50.8 Å². The molecule has 102 valence electrons. The molecule has 1 unspecified atom stereocenters. The van der Waals surface area contributed by atoms with Crippen molar-refractivity contribution in [2.75, 3.05) is 13.7 Å². The lowest BCUT2D eigenvalue weighted by atomic mass is 9.91. The first-order valence-electron chi connectivity index (χ1n) is 6.99. The molecule has 1 atom stereocenters. The van der Waals surface area contributed by atoms with Crippen LogP contribution in [0.4, 0.5) is 0 Å². The number of aryl methyl sites for hydroxylation is 1. The summed E-state index contributed by atoms with van der Waals surface area (Å²) in [6.45, 7) is 8.03. The van der Waals surface area contributed by atoms with Crippen molar-refractivity contribution in [3.8, 4) is 0 Å². The first kappa shape index (κ1) is 13.6. The van der Waals surface area contributed by atoms with Gasteiger partial charge in [-0.15, -0.1) is 0 Å². The highest BCUT2D eigenvalue weighted by Crippen LogP contribution is 2.30. The zero-order valence-electron chi connectivity index (χ0n) is 12.1. The summed E-state index contributed by atoms with van der Waals surface area (Å²) < 4.78 is 8.07. The molecule has 1 heterocycles. The minimum absolute atomic E-state index is 0.0414. The van der Waals surface area contributed by atoms with Crippen LogP contribution in [0.15, 0.2) is 12.4 Å². The Labute approximate surface area is 111 Å². The molecule has 3 nitrogen and oxygen atoms in total. The third-order valence-electron chi connectivity index (χ3n) is 3.54. The summed E-state index contributed by atoms with van der Waals surface area (Å²) in [6, 6.07) is 0.540. The van der Waals surface area contributed by atoms with E-state index in [0.717, 1.165) is 13.2 Å². The number of aromatic nitrogens is 1. The van der Waals surface area contributed by atoms with Gasteiger partial charge in [-0.05, 0) is 58.2 Å². The van der Waals surface area contributed by atoms with Gasteiger partial charge < -0.3 is 14.6 Å². The Bertz CT molecular complexity index is 390. The van der Waals surface area contributed by atoms with Crippen molar-refractivity contribution < 1.29 is 4.74 Å². The van der Waals surface area contributed by atoms with Gasteiger partial charge >= 0.3 is 0 Å². The average Bonchev–Trinajstić information content (AvgIpc) is 2.69. The molecule has 0 aromatic carbocycles. The summed E-state index contributed by atoms with van der Waals surface area (Å²) in [6.07, 6.45) is 8.36. The van der Waals surface area contributed by atoms with Crippen molar-refractivity contribution in [1.29, 1.82) is 0 Å². The van der Waals surface area contributed by atoms with E-state index in [9.17, 15) is 0 Å². The van der Waals surface area contributed by atoms with Crippen molar-refractivity contribution in [2.45, 2.75) is 58.2 Å². The first-order valence-corrected chi connectivity index (χ1v) is 6.99. The van der Waals surface area contributed by atoms with Crippen molar-refractivity contribution in [3.05, 3.63) is 23.5 Å². The average molecular weight is 250 g/mol. The maximum absolute atomic E-state index is 5.78. The Kier molecular flexibility index (Phi) is 4.13. The van der Waals surface area contributed by atoms with E-state index < -0.39 is 0 Å². The van der Waals surface area contributed by atoms with E-state index in [4.69, 9.17) is 4.74 Å². The predicted molar refractivity (Wildman–Crippen MR) is 74.9 cm³/mol. The Hall–Kier alpha value is -0.800. The molecule has 0 amide bonds. The molecule has 0 saturated carbocycles. The van der Waals surface area contributed by atoms with E-state index in [1.807, 2.05) is 0 Å². The summed E-state index contributed by atoms with van der Waals surface area (Å²) in [4.78, 5) is 0. The van der Waals surface area contributed by atoms with E-state index in [-0.39, 0.29) is 5.60 Å². The van der Waals surface area contributed by atoms with Gasteiger partial charge in [-0.25, -0.2) is 0 Å². The highest BCUT2D eigenvalue weighted by atomic mass is 16.5. The number of nitrogens with one attached hydrogen (secondary N) is 1. The molecule has 2 rings (SSSR count). The number of nitrogens with zero attached hydrogens (tertiary/aromatic N) is 1. The summed E-state index contributed by atoms with van der Waals surface area (Å²) in [5, 5.41) is 3.41. The molecule has 1 N–H and O–H groups in total. The molecule has 0 fully saturated rings. The molecule has 0 radical (unpaired) electrons. The van der Waals surface area contributed by atoms with Crippen molar-refractivity contribution in [1.82, 2.24) is 9.88 Å². The van der Waals surface area contributed by atoms with Gasteiger partial charge in [0.2, 0.25) is 0 Å². The van der Waals surface area contributed by atoms with Gasteiger partial charge in [0.1, 0.15) is 0 Å². The molecular weight excluding hydrogens is 224 g/mol. The van der Waals surface area contributed by atoms with E-state index in [1.165, 1.54) is 30.4 Å². The molecule has 18 heavy (non-hydrogen) atoms. The van der Waals surface area contributed by atoms with Gasteiger partial charge in [0.25, 0.3) is 0 Å². The fraction of sp³-hybridized carbons (Fsp3) is 0.733. The zero-order chi connectivity index (χ0) is 13.2. The third-order valence-corrected chi connectivity index (χ3v) is 3.54. The van der Waals surface area contributed by atoms with Gasteiger partial charge in [0.05, 0.1) is 12.2 Å². The van der Waals surface area contributed by atoms with E-state index >= 15 is 0 Å². The first-order chi connectivity index (χ1) is 8.49. The highest BCUT2D eigenvalue weighted by molar-refractivity contribution is 5.30. The normalized spacial score (nSPS) is 19.9. The Morgan fingerprint density at radius 3 is 2.83 bits per heavy atom. The minimum Gasteiger partial charge on any atom is -0.374 e. The highest BCUT2D eigenvalue weighted by Gasteiger charge is 2.20. The fourth-order valence-electron chi connectivity index (χ4n) is 2.63.